The van der Waals surface area contributed by atoms with Gasteiger partial charge in [0.1, 0.15) is 5.52 Å². The van der Waals surface area contributed by atoms with Gasteiger partial charge in [-0.2, -0.15) is 0 Å². The first-order chi connectivity index (χ1) is 7.67. The third kappa shape index (κ3) is 1.39. The summed E-state index contributed by atoms with van der Waals surface area (Å²) >= 11 is 0. The SMILES string of the molecule is CC1(c2nc3ccc(N)cc3o2)CCCC1. The summed E-state index contributed by atoms with van der Waals surface area (Å²) in [5.41, 5.74) is 8.32. The summed E-state index contributed by atoms with van der Waals surface area (Å²) in [5.74, 6) is 0.880. The van der Waals surface area contributed by atoms with Crippen molar-refractivity contribution in [2.24, 2.45) is 0 Å². The molecule has 2 aromatic rings. The molecular weight excluding hydrogens is 200 g/mol. The molecule has 1 aromatic heterocycles. The van der Waals surface area contributed by atoms with E-state index in [2.05, 4.69) is 11.9 Å². The minimum absolute atomic E-state index is 0.133. The van der Waals surface area contributed by atoms with Crippen LogP contribution in [-0.2, 0) is 5.41 Å². The Labute approximate surface area is 94.7 Å². The lowest BCUT2D eigenvalue weighted by Gasteiger charge is -2.17. The van der Waals surface area contributed by atoms with E-state index in [9.17, 15) is 0 Å². The highest BCUT2D eigenvalue weighted by atomic mass is 16.3. The molecule has 0 aliphatic heterocycles. The van der Waals surface area contributed by atoms with Crippen LogP contribution in [-0.4, -0.2) is 4.98 Å². The van der Waals surface area contributed by atoms with Gasteiger partial charge in [0.15, 0.2) is 5.58 Å². The monoisotopic (exact) mass is 216 g/mol. The molecule has 3 nitrogen and oxygen atoms in total. The molecule has 0 radical (unpaired) electrons. The van der Waals surface area contributed by atoms with Crippen LogP contribution >= 0.6 is 0 Å². The average Bonchev–Trinajstić information content (AvgIpc) is 2.84. The normalized spacial score (nSPS) is 19.3. The highest BCUT2D eigenvalue weighted by molar-refractivity contribution is 5.76. The van der Waals surface area contributed by atoms with E-state index < -0.39 is 0 Å². The molecule has 0 amide bonds. The van der Waals surface area contributed by atoms with Crippen molar-refractivity contribution in [2.45, 2.75) is 38.0 Å². The van der Waals surface area contributed by atoms with E-state index in [0.717, 1.165) is 22.7 Å². The molecule has 1 aliphatic carbocycles. The Hall–Kier alpha value is -1.51. The fourth-order valence-corrected chi connectivity index (χ4v) is 2.57. The van der Waals surface area contributed by atoms with Crippen LogP contribution in [0.25, 0.3) is 11.1 Å². The van der Waals surface area contributed by atoms with Gasteiger partial charge in [-0.15, -0.1) is 0 Å². The van der Waals surface area contributed by atoms with E-state index in [1.54, 1.807) is 0 Å². The summed E-state index contributed by atoms with van der Waals surface area (Å²) in [6.45, 7) is 2.24. The number of rotatable bonds is 1. The second kappa shape index (κ2) is 3.24. The van der Waals surface area contributed by atoms with Crippen molar-refractivity contribution < 1.29 is 4.42 Å². The van der Waals surface area contributed by atoms with Gasteiger partial charge in [0.2, 0.25) is 5.89 Å². The molecule has 3 rings (SSSR count). The molecule has 1 heterocycles. The number of nitrogens with zero attached hydrogens (tertiary/aromatic N) is 1. The Morgan fingerprint density at radius 1 is 1.31 bits per heavy atom. The zero-order valence-corrected chi connectivity index (χ0v) is 9.49. The number of nitrogens with two attached hydrogens (primary N) is 1. The minimum atomic E-state index is 0.133. The van der Waals surface area contributed by atoms with Gasteiger partial charge in [-0.25, -0.2) is 4.98 Å². The number of hydrogen-bond acceptors (Lipinski definition) is 3. The fourth-order valence-electron chi connectivity index (χ4n) is 2.57. The second-order valence-electron chi connectivity index (χ2n) is 5.01. The first-order valence-electron chi connectivity index (χ1n) is 5.84. The van der Waals surface area contributed by atoms with Crippen LogP contribution in [0.4, 0.5) is 5.69 Å². The van der Waals surface area contributed by atoms with Crippen LogP contribution in [0, 0.1) is 0 Å². The quantitative estimate of drug-likeness (QED) is 0.744. The fraction of sp³-hybridized carbons (Fsp3) is 0.462. The third-order valence-electron chi connectivity index (χ3n) is 3.64. The van der Waals surface area contributed by atoms with Gasteiger partial charge < -0.3 is 10.2 Å². The molecule has 16 heavy (non-hydrogen) atoms. The van der Waals surface area contributed by atoms with E-state index in [-0.39, 0.29) is 5.41 Å². The molecule has 1 aromatic carbocycles. The molecule has 84 valence electrons. The van der Waals surface area contributed by atoms with Crippen molar-refractivity contribution in [2.75, 3.05) is 5.73 Å². The van der Waals surface area contributed by atoms with E-state index >= 15 is 0 Å². The average molecular weight is 216 g/mol. The molecule has 1 fully saturated rings. The van der Waals surface area contributed by atoms with Crippen LogP contribution < -0.4 is 5.73 Å². The van der Waals surface area contributed by atoms with E-state index in [0.29, 0.717) is 0 Å². The first-order valence-corrected chi connectivity index (χ1v) is 5.84. The summed E-state index contributed by atoms with van der Waals surface area (Å²) in [4.78, 5) is 4.59. The van der Waals surface area contributed by atoms with Crippen molar-refractivity contribution in [1.29, 1.82) is 0 Å². The maximum atomic E-state index is 5.84. The first kappa shape index (κ1) is 9.70. The zero-order valence-electron chi connectivity index (χ0n) is 9.49. The lowest BCUT2D eigenvalue weighted by Crippen LogP contribution is -2.16. The van der Waals surface area contributed by atoms with E-state index in [1.807, 2.05) is 18.2 Å². The summed E-state index contributed by atoms with van der Waals surface area (Å²) in [5, 5.41) is 0. The van der Waals surface area contributed by atoms with Crippen LogP contribution in [0.15, 0.2) is 22.6 Å². The predicted octanol–water partition coefficient (Wildman–Crippen LogP) is 3.24. The Bertz CT molecular complexity index is 524. The number of anilines is 1. The van der Waals surface area contributed by atoms with Crippen molar-refractivity contribution in [3.8, 4) is 0 Å². The molecular formula is C13H16N2O. The Morgan fingerprint density at radius 3 is 2.81 bits per heavy atom. The van der Waals surface area contributed by atoms with Crippen molar-refractivity contribution in [1.82, 2.24) is 4.98 Å². The smallest absolute Gasteiger partial charge is 0.201 e. The maximum absolute atomic E-state index is 5.84. The molecule has 0 unspecified atom stereocenters. The van der Waals surface area contributed by atoms with Crippen LogP contribution in [0.3, 0.4) is 0 Å². The van der Waals surface area contributed by atoms with Gasteiger partial charge >= 0.3 is 0 Å². The van der Waals surface area contributed by atoms with Gasteiger partial charge in [-0.1, -0.05) is 19.8 Å². The summed E-state index contributed by atoms with van der Waals surface area (Å²) in [7, 11) is 0. The Morgan fingerprint density at radius 2 is 2.06 bits per heavy atom. The standard InChI is InChI=1S/C13H16N2O/c1-13(6-2-3-7-13)12-15-10-5-4-9(14)8-11(10)16-12/h4-5,8H,2-3,6-7,14H2,1H3. The molecule has 1 saturated carbocycles. The minimum Gasteiger partial charge on any atom is -0.440 e. The summed E-state index contributed by atoms with van der Waals surface area (Å²) in [6, 6.07) is 5.64. The molecule has 0 spiro atoms. The molecule has 0 bridgehead atoms. The molecule has 0 atom stereocenters. The number of nitrogen functional groups attached to an aromatic ring is 1. The molecule has 3 heteroatoms. The van der Waals surface area contributed by atoms with Crippen molar-refractivity contribution >= 4 is 16.8 Å². The highest BCUT2D eigenvalue weighted by Crippen LogP contribution is 2.41. The molecule has 0 saturated heterocycles. The Balaban J connectivity index is 2.11. The van der Waals surface area contributed by atoms with Crippen molar-refractivity contribution in [3.63, 3.8) is 0 Å². The topological polar surface area (TPSA) is 52.0 Å². The zero-order chi connectivity index (χ0) is 11.2. The highest BCUT2D eigenvalue weighted by Gasteiger charge is 2.35. The van der Waals surface area contributed by atoms with Gasteiger partial charge in [-0.3, -0.25) is 0 Å². The number of fused-ring (bicyclic) bond motifs is 1. The third-order valence-corrected chi connectivity index (χ3v) is 3.64. The van der Waals surface area contributed by atoms with Crippen LogP contribution in [0.2, 0.25) is 0 Å². The second-order valence-corrected chi connectivity index (χ2v) is 5.01. The lowest BCUT2D eigenvalue weighted by atomic mass is 9.89. The van der Waals surface area contributed by atoms with Gasteiger partial charge in [0, 0.05) is 17.2 Å². The summed E-state index contributed by atoms with van der Waals surface area (Å²) in [6.07, 6.45) is 4.90. The summed E-state index contributed by atoms with van der Waals surface area (Å²) < 4.78 is 5.84. The lowest BCUT2D eigenvalue weighted by molar-refractivity contribution is 0.364. The van der Waals surface area contributed by atoms with Gasteiger partial charge in [0.25, 0.3) is 0 Å². The van der Waals surface area contributed by atoms with E-state index in [4.69, 9.17) is 10.2 Å². The molecule has 1 aliphatic rings. The predicted molar refractivity (Wildman–Crippen MR) is 64.2 cm³/mol. The van der Waals surface area contributed by atoms with Gasteiger partial charge in [-0.05, 0) is 25.0 Å². The largest absolute Gasteiger partial charge is 0.440 e. The Kier molecular flexibility index (Phi) is 1.96. The number of oxazole rings is 1. The van der Waals surface area contributed by atoms with Gasteiger partial charge in [0.05, 0.1) is 0 Å². The molecule has 2 N–H and O–H groups in total. The van der Waals surface area contributed by atoms with E-state index in [1.165, 1.54) is 25.7 Å². The van der Waals surface area contributed by atoms with Crippen molar-refractivity contribution in [3.05, 3.63) is 24.1 Å². The number of benzene rings is 1. The maximum Gasteiger partial charge on any atom is 0.201 e. The number of aromatic nitrogens is 1. The van der Waals surface area contributed by atoms with Crippen LogP contribution in [0.5, 0.6) is 0 Å². The number of hydrogen-bond donors (Lipinski definition) is 1. The van der Waals surface area contributed by atoms with Crippen LogP contribution in [0.1, 0.15) is 38.5 Å².